The fraction of sp³-hybridized carbons (Fsp3) is 0.270. The van der Waals surface area contributed by atoms with Crippen LogP contribution >= 0.6 is 11.6 Å². The molecule has 1 fully saturated rings. The van der Waals surface area contributed by atoms with E-state index < -0.39 is 26.2 Å². The highest BCUT2D eigenvalue weighted by atomic mass is 35.5. The summed E-state index contributed by atoms with van der Waals surface area (Å²) in [6.45, 7) is 0.372. The lowest BCUT2D eigenvalue weighted by atomic mass is 10.2. The summed E-state index contributed by atoms with van der Waals surface area (Å²) in [4.78, 5) is 30.9. The summed E-state index contributed by atoms with van der Waals surface area (Å²) in [5.41, 5.74) is 2.54. The number of pyridine rings is 2. The molecule has 0 bridgehead atoms. The number of aryl methyl sites for hydroxylation is 1. The number of hydrogen-bond donors (Lipinski definition) is 1. The van der Waals surface area contributed by atoms with E-state index in [9.17, 15) is 18.0 Å². The molecule has 0 atom stereocenters. The SMILES string of the molecule is COc1ccc(CN(Cc2ccc(OC)cc2)S(=O)(=O)C2(COc3ccnc4cc(C(=O)NCc5ccc(Cl)cc5)c(=O)n(C)c34)CC2)cc1. The van der Waals surface area contributed by atoms with E-state index in [1.807, 2.05) is 24.3 Å². The van der Waals surface area contributed by atoms with Crippen LogP contribution in [0.4, 0.5) is 0 Å². The molecule has 2 heterocycles. The van der Waals surface area contributed by atoms with Crippen LogP contribution < -0.4 is 25.1 Å². The van der Waals surface area contributed by atoms with Gasteiger partial charge in [0.25, 0.3) is 11.5 Å². The van der Waals surface area contributed by atoms with Gasteiger partial charge in [0.2, 0.25) is 10.0 Å². The summed E-state index contributed by atoms with van der Waals surface area (Å²) < 4.78 is 47.4. The molecule has 260 valence electrons. The first-order chi connectivity index (χ1) is 24.0. The van der Waals surface area contributed by atoms with Crippen molar-refractivity contribution in [2.24, 2.45) is 7.05 Å². The molecule has 3 aromatic carbocycles. The number of ether oxygens (including phenoxy) is 3. The van der Waals surface area contributed by atoms with Gasteiger partial charge in [-0.15, -0.1) is 0 Å². The Balaban J connectivity index is 1.24. The second-order valence-electron chi connectivity index (χ2n) is 12.2. The lowest BCUT2D eigenvalue weighted by Crippen LogP contribution is -2.42. The highest BCUT2D eigenvalue weighted by Crippen LogP contribution is 2.46. The maximum absolute atomic E-state index is 14.5. The van der Waals surface area contributed by atoms with Gasteiger partial charge < -0.3 is 24.1 Å². The van der Waals surface area contributed by atoms with Crippen LogP contribution in [-0.4, -0.2) is 53.8 Å². The van der Waals surface area contributed by atoms with Crippen molar-refractivity contribution in [1.82, 2.24) is 19.2 Å². The molecule has 0 spiro atoms. The number of sulfonamides is 1. The Morgan fingerprint density at radius 2 is 1.46 bits per heavy atom. The Hall–Kier alpha value is -4.91. The Labute approximate surface area is 295 Å². The molecule has 1 aliphatic rings. The van der Waals surface area contributed by atoms with Crippen LogP contribution in [0.25, 0.3) is 11.0 Å². The van der Waals surface area contributed by atoms with Crippen LogP contribution in [0.5, 0.6) is 17.2 Å². The predicted octanol–water partition coefficient (Wildman–Crippen LogP) is 5.48. The molecule has 50 heavy (non-hydrogen) atoms. The van der Waals surface area contributed by atoms with Crippen molar-refractivity contribution < 1.29 is 27.4 Å². The van der Waals surface area contributed by atoms with E-state index >= 15 is 0 Å². The molecule has 6 rings (SSSR count). The van der Waals surface area contributed by atoms with Crippen LogP contribution in [0.3, 0.4) is 0 Å². The zero-order valence-electron chi connectivity index (χ0n) is 27.9. The maximum Gasteiger partial charge on any atom is 0.263 e. The van der Waals surface area contributed by atoms with Gasteiger partial charge in [-0.05, 0) is 72.0 Å². The number of methoxy groups -OCH3 is 2. The number of hydrogen-bond acceptors (Lipinski definition) is 8. The summed E-state index contributed by atoms with van der Waals surface area (Å²) in [6.07, 6.45) is 2.33. The first-order valence-corrected chi connectivity index (χ1v) is 17.7. The van der Waals surface area contributed by atoms with Crippen molar-refractivity contribution >= 4 is 38.6 Å². The van der Waals surface area contributed by atoms with Gasteiger partial charge in [-0.25, -0.2) is 8.42 Å². The maximum atomic E-state index is 14.5. The molecule has 11 nitrogen and oxygen atoms in total. The molecule has 1 aliphatic carbocycles. The number of carbonyl (C=O) groups is 1. The molecule has 0 saturated heterocycles. The third-order valence-corrected chi connectivity index (χ3v) is 11.7. The molecule has 0 radical (unpaired) electrons. The van der Waals surface area contributed by atoms with Crippen molar-refractivity contribution in [3.63, 3.8) is 0 Å². The van der Waals surface area contributed by atoms with E-state index in [0.717, 1.165) is 16.7 Å². The third kappa shape index (κ3) is 7.32. The highest BCUT2D eigenvalue weighted by Gasteiger charge is 2.57. The summed E-state index contributed by atoms with van der Waals surface area (Å²) in [5.74, 6) is 1.10. The number of nitrogens with one attached hydrogen (secondary N) is 1. The zero-order valence-corrected chi connectivity index (χ0v) is 29.5. The van der Waals surface area contributed by atoms with Crippen LogP contribution in [-0.2, 0) is 36.7 Å². The van der Waals surface area contributed by atoms with Crippen molar-refractivity contribution in [3.05, 3.63) is 129 Å². The molecule has 5 aromatic rings. The molecular formula is C37H37ClN4O7S. The summed E-state index contributed by atoms with van der Waals surface area (Å²) in [5, 5.41) is 3.35. The molecule has 0 aliphatic heterocycles. The largest absolute Gasteiger partial charge is 0.497 e. The number of rotatable bonds is 14. The second kappa shape index (κ2) is 14.5. The van der Waals surface area contributed by atoms with Gasteiger partial charge in [-0.2, -0.15) is 4.31 Å². The first kappa shape index (κ1) is 34.9. The quantitative estimate of drug-likeness (QED) is 0.160. The van der Waals surface area contributed by atoms with Gasteiger partial charge in [0.15, 0.2) is 0 Å². The Bertz CT molecular complexity index is 2120. The predicted molar refractivity (Wildman–Crippen MR) is 191 cm³/mol. The fourth-order valence-electron chi connectivity index (χ4n) is 5.73. The molecule has 1 N–H and O–H groups in total. The Morgan fingerprint density at radius 1 is 0.900 bits per heavy atom. The number of amides is 1. The second-order valence-corrected chi connectivity index (χ2v) is 15.0. The monoisotopic (exact) mass is 716 g/mol. The smallest absolute Gasteiger partial charge is 0.263 e. The van der Waals surface area contributed by atoms with Gasteiger partial charge >= 0.3 is 0 Å². The van der Waals surface area contributed by atoms with E-state index in [-0.39, 0.29) is 31.8 Å². The Morgan fingerprint density at radius 3 is 2.00 bits per heavy atom. The number of halogens is 1. The standard InChI is InChI=1S/C37H37ClN4O7S/c1-41-34-32(20-31(36(41)44)35(43)40-21-25-4-10-28(38)11-5-25)39-19-16-33(34)49-24-37(17-18-37)50(45,46)42(22-26-6-12-29(47-2)13-7-26)23-27-8-14-30(48-3)15-9-27/h4-16,19-20H,17-18,21-24H2,1-3H3,(H,40,43). The minimum Gasteiger partial charge on any atom is -0.497 e. The zero-order chi connectivity index (χ0) is 35.5. The van der Waals surface area contributed by atoms with Crippen LogP contribution in [0.15, 0.2) is 95.9 Å². The topological polar surface area (TPSA) is 129 Å². The lowest BCUT2D eigenvalue weighted by Gasteiger charge is -2.28. The molecular weight excluding hydrogens is 680 g/mol. The number of nitrogens with zero attached hydrogens (tertiary/aromatic N) is 3. The van der Waals surface area contributed by atoms with Gasteiger partial charge in [0.05, 0.1) is 19.7 Å². The number of fused-ring (bicyclic) bond motifs is 1. The number of benzene rings is 3. The van der Waals surface area contributed by atoms with E-state index in [4.69, 9.17) is 25.8 Å². The third-order valence-electron chi connectivity index (χ3n) is 8.90. The van der Waals surface area contributed by atoms with E-state index in [1.54, 1.807) is 68.8 Å². The van der Waals surface area contributed by atoms with Crippen molar-refractivity contribution in [2.45, 2.75) is 37.2 Å². The molecule has 1 amide bonds. The van der Waals surface area contributed by atoms with Crippen molar-refractivity contribution in [2.75, 3.05) is 20.8 Å². The molecule has 13 heteroatoms. The van der Waals surface area contributed by atoms with E-state index in [1.165, 1.54) is 28.2 Å². The summed E-state index contributed by atoms with van der Waals surface area (Å²) in [7, 11) is 0.784. The minimum atomic E-state index is -3.91. The summed E-state index contributed by atoms with van der Waals surface area (Å²) >= 11 is 5.95. The Kier molecular flexibility index (Phi) is 10.1. The van der Waals surface area contributed by atoms with Gasteiger partial charge in [-0.3, -0.25) is 14.6 Å². The van der Waals surface area contributed by atoms with Gasteiger partial charge in [-0.1, -0.05) is 48.0 Å². The summed E-state index contributed by atoms with van der Waals surface area (Å²) in [6, 6.07) is 24.6. The van der Waals surface area contributed by atoms with Gasteiger partial charge in [0, 0.05) is 44.0 Å². The first-order valence-electron chi connectivity index (χ1n) is 15.9. The number of aromatic nitrogens is 2. The highest BCUT2D eigenvalue weighted by molar-refractivity contribution is 7.90. The van der Waals surface area contributed by atoms with Crippen LogP contribution in [0, 0.1) is 0 Å². The van der Waals surface area contributed by atoms with Crippen molar-refractivity contribution in [1.29, 1.82) is 0 Å². The van der Waals surface area contributed by atoms with Crippen LogP contribution in [0.1, 0.15) is 39.9 Å². The van der Waals surface area contributed by atoms with Crippen molar-refractivity contribution in [3.8, 4) is 17.2 Å². The van der Waals surface area contributed by atoms with Crippen LogP contribution in [0.2, 0.25) is 5.02 Å². The lowest BCUT2D eigenvalue weighted by molar-refractivity contribution is 0.0949. The van der Waals surface area contributed by atoms with E-state index in [2.05, 4.69) is 10.3 Å². The average molecular weight is 717 g/mol. The minimum absolute atomic E-state index is 0.0763. The number of carbonyl (C=O) groups excluding carboxylic acids is 1. The average Bonchev–Trinajstić information content (AvgIpc) is 3.94. The fourth-order valence-corrected chi connectivity index (χ4v) is 7.87. The molecule has 0 unspecified atom stereocenters. The van der Waals surface area contributed by atoms with E-state index in [0.29, 0.717) is 46.1 Å². The molecule has 1 saturated carbocycles. The molecule has 2 aromatic heterocycles. The normalized spacial score (nSPS) is 13.6. The van der Waals surface area contributed by atoms with Gasteiger partial charge in [0.1, 0.15) is 39.7 Å².